The van der Waals surface area contributed by atoms with Crippen molar-refractivity contribution in [3.05, 3.63) is 0 Å². The number of nitrogens with two attached hydrogens (primary N) is 1. The second-order valence-electron chi connectivity index (χ2n) is 4.82. The van der Waals surface area contributed by atoms with E-state index in [0.29, 0.717) is 13.1 Å². The third-order valence-electron chi connectivity index (χ3n) is 2.95. The summed E-state index contributed by atoms with van der Waals surface area (Å²) in [5.74, 6) is -0.00873. The molecule has 1 heterocycles. The first-order chi connectivity index (χ1) is 7.50. The zero-order valence-corrected chi connectivity index (χ0v) is 9.99. The largest absolute Gasteiger partial charge is 0.329 e. The molecule has 0 spiro atoms. The summed E-state index contributed by atoms with van der Waals surface area (Å²) >= 11 is 0. The summed E-state index contributed by atoms with van der Waals surface area (Å²) in [5, 5.41) is 12.0. The summed E-state index contributed by atoms with van der Waals surface area (Å²) in [5.41, 5.74) is 5.32. The van der Waals surface area contributed by atoms with Crippen LogP contribution in [-0.4, -0.2) is 42.0 Å². The Hall–Kier alpha value is -1.12. The minimum Gasteiger partial charge on any atom is -0.329 e. The summed E-state index contributed by atoms with van der Waals surface area (Å²) in [4.78, 5) is 13.5. The van der Waals surface area contributed by atoms with Crippen LogP contribution in [0.15, 0.2) is 0 Å². The van der Waals surface area contributed by atoms with E-state index in [1.54, 1.807) is 4.90 Å². The third kappa shape index (κ3) is 3.19. The van der Waals surface area contributed by atoms with Crippen LogP contribution >= 0.6 is 0 Å². The Morgan fingerprint density at radius 1 is 1.69 bits per heavy atom. The molecule has 0 aliphatic carbocycles. The van der Waals surface area contributed by atoms with E-state index in [9.17, 15) is 4.79 Å². The first-order valence-corrected chi connectivity index (χ1v) is 5.64. The molecule has 0 aromatic carbocycles. The second-order valence-corrected chi connectivity index (χ2v) is 4.82. The van der Waals surface area contributed by atoms with Crippen molar-refractivity contribution in [2.24, 2.45) is 5.73 Å². The van der Waals surface area contributed by atoms with Crippen molar-refractivity contribution in [1.29, 1.82) is 5.26 Å². The lowest BCUT2D eigenvalue weighted by Gasteiger charge is -2.26. The molecule has 0 radical (unpaired) electrons. The summed E-state index contributed by atoms with van der Waals surface area (Å²) in [6, 6.07) is 1.92. The van der Waals surface area contributed by atoms with Crippen LogP contribution in [-0.2, 0) is 4.79 Å². The Labute approximate surface area is 96.6 Å². The SMILES string of the molecule is CC(C)(CN)NCC(=O)N1CCCC1C#N. The number of hydrogen-bond donors (Lipinski definition) is 2. The topological polar surface area (TPSA) is 82.2 Å². The first kappa shape index (κ1) is 12.9. The Balaban J connectivity index is 2.44. The summed E-state index contributed by atoms with van der Waals surface area (Å²) < 4.78 is 0. The Morgan fingerprint density at radius 3 is 2.94 bits per heavy atom. The van der Waals surface area contributed by atoms with E-state index >= 15 is 0 Å². The maximum atomic E-state index is 11.8. The van der Waals surface area contributed by atoms with Crippen molar-refractivity contribution in [2.75, 3.05) is 19.6 Å². The van der Waals surface area contributed by atoms with Gasteiger partial charge >= 0.3 is 0 Å². The molecule has 1 unspecified atom stereocenters. The van der Waals surface area contributed by atoms with Gasteiger partial charge in [-0.1, -0.05) is 0 Å². The molecule has 1 saturated heterocycles. The van der Waals surface area contributed by atoms with Gasteiger partial charge in [0.1, 0.15) is 6.04 Å². The highest BCUT2D eigenvalue weighted by Crippen LogP contribution is 2.16. The molecule has 1 amide bonds. The number of nitriles is 1. The summed E-state index contributed by atoms with van der Waals surface area (Å²) in [7, 11) is 0. The van der Waals surface area contributed by atoms with Gasteiger partial charge in [0.2, 0.25) is 5.91 Å². The van der Waals surface area contributed by atoms with Crippen LogP contribution < -0.4 is 11.1 Å². The summed E-state index contributed by atoms with van der Waals surface area (Å²) in [6.45, 7) is 5.32. The molecule has 16 heavy (non-hydrogen) atoms. The second kappa shape index (κ2) is 5.28. The molecule has 3 N–H and O–H groups in total. The molecular formula is C11H20N4O. The van der Waals surface area contributed by atoms with Crippen LogP contribution in [0, 0.1) is 11.3 Å². The number of nitrogens with one attached hydrogen (secondary N) is 1. The number of rotatable bonds is 4. The van der Waals surface area contributed by atoms with Crippen LogP contribution in [0.25, 0.3) is 0 Å². The molecule has 1 rings (SSSR count). The lowest BCUT2D eigenvalue weighted by Crippen LogP contribution is -2.51. The Morgan fingerprint density at radius 2 is 2.38 bits per heavy atom. The van der Waals surface area contributed by atoms with Crippen LogP contribution in [0.5, 0.6) is 0 Å². The fourth-order valence-electron chi connectivity index (χ4n) is 1.69. The summed E-state index contributed by atoms with van der Waals surface area (Å²) in [6.07, 6.45) is 1.72. The molecule has 0 bridgehead atoms. The van der Waals surface area contributed by atoms with Crippen molar-refractivity contribution >= 4 is 5.91 Å². The van der Waals surface area contributed by atoms with E-state index in [-0.39, 0.29) is 24.0 Å². The van der Waals surface area contributed by atoms with Gasteiger partial charge in [-0.05, 0) is 26.7 Å². The lowest BCUT2D eigenvalue weighted by molar-refractivity contribution is -0.130. The van der Waals surface area contributed by atoms with E-state index in [1.807, 2.05) is 13.8 Å². The Kier molecular flexibility index (Phi) is 4.27. The molecule has 0 aromatic heterocycles. The smallest absolute Gasteiger partial charge is 0.237 e. The highest BCUT2D eigenvalue weighted by Gasteiger charge is 2.29. The number of hydrogen-bond acceptors (Lipinski definition) is 4. The van der Waals surface area contributed by atoms with Gasteiger partial charge in [-0.2, -0.15) is 5.26 Å². The molecule has 90 valence electrons. The van der Waals surface area contributed by atoms with Crippen LogP contribution in [0.3, 0.4) is 0 Å². The van der Waals surface area contributed by atoms with E-state index in [4.69, 9.17) is 11.0 Å². The number of nitrogens with zero attached hydrogens (tertiary/aromatic N) is 2. The minimum absolute atomic E-state index is 0.00873. The monoisotopic (exact) mass is 224 g/mol. The van der Waals surface area contributed by atoms with Gasteiger partial charge in [-0.25, -0.2) is 0 Å². The molecule has 1 aliphatic heterocycles. The van der Waals surface area contributed by atoms with Gasteiger partial charge < -0.3 is 16.0 Å². The molecule has 5 heteroatoms. The molecule has 5 nitrogen and oxygen atoms in total. The standard InChI is InChI=1S/C11H20N4O/c1-11(2,8-13)14-7-10(16)15-5-3-4-9(15)6-12/h9,14H,3-5,7-8,13H2,1-2H3. The highest BCUT2D eigenvalue weighted by molar-refractivity contribution is 5.79. The molecule has 1 fully saturated rings. The van der Waals surface area contributed by atoms with Crippen LogP contribution in [0.4, 0.5) is 0 Å². The zero-order valence-electron chi connectivity index (χ0n) is 9.99. The van der Waals surface area contributed by atoms with Gasteiger partial charge in [0.05, 0.1) is 12.6 Å². The van der Waals surface area contributed by atoms with Gasteiger partial charge in [0, 0.05) is 18.6 Å². The molecular weight excluding hydrogens is 204 g/mol. The fraction of sp³-hybridized carbons (Fsp3) is 0.818. The maximum absolute atomic E-state index is 11.8. The molecule has 0 aromatic rings. The predicted octanol–water partition coefficient (Wildman–Crippen LogP) is -0.172. The van der Waals surface area contributed by atoms with E-state index in [1.165, 1.54) is 0 Å². The minimum atomic E-state index is -0.240. The van der Waals surface area contributed by atoms with Gasteiger partial charge in [0.25, 0.3) is 0 Å². The zero-order chi connectivity index (χ0) is 12.2. The highest BCUT2D eigenvalue weighted by atomic mass is 16.2. The van der Waals surface area contributed by atoms with Gasteiger partial charge in [0.15, 0.2) is 0 Å². The Bertz CT molecular complexity index is 295. The molecule has 1 aliphatic rings. The van der Waals surface area contributed by atoms with Crippen molar-refractivity contribution in [1.82, 2.24) is 10.2 Å². The first-order valence-electron chi connectivity index (χ1n) is 5.64. The van der Waals surface area contributed by atoms with E-state index < -0.39 is 0 Å². The van der Waals surface area contributed by atoms with Crippen molar-refractivity contribution in [3.8, 4) is 6.07 Å². The molecule has 1 atom stereocenters. The predicted molar refractivity (Wildman–Crippen MR) is 61.5 cm³/mol. The van der Waals surface area contributed by atoms with Crippen molar-refractivity contribution < 1.29 is 4.79 Å². The average molecular weight is 224 g/mol. The number of amides is 1. The lowest BCUT2D eigenvalue weighted by atomic mass is 10.1. The maximum Gasteiger partial charge on any atom is 0.237 e. The molecule has 0 saturated carbocycles. The van der Waals surface area contributed by atoms with Gasteiger partial charge in [-0.3, -0.25) is 4.79 Å². The van der Waals surface area contributed by atoms with Crippen LogP contribution in [0.2, 0.25) is 0 Å². The third-order valence-corrected chi connectivity index (χ3v) is 2.95. The fourth-order valence-corrected chi connectivity index (χ4v) is 1.69. The van der Waals surface area contributed by atoms with Crippen molar-refractivity contribution in [2.45, 2.75) is 38.3 Å². The van der Waals surface area contributed by atoms with E-state index in [0.717, 1.165) is 12.8 Å². The number of carbonyl (C=O) groups excluding carboxylic acids is 1. The average Bonchev–Trinajstić information content (AvgIpc) is 2.74. The van der Waals surface area contributed by atoms with Crippen LogP contribution in [0.1, 0.15) is 26.7 Å². The quantitative estimate of drug-likeness (QED) is 0.694. The normalized spacial score (nSPS) is 20.9. The number of likely N-dealkylation sites (tertiary alicyclic amines) is 1. The number of carbonyl (C=O) groups is 1. The van der Waals surface area contributed by atoms with Gasteiger partial charge in [-0.15, -0.1) is 0 Å². The van der Waals surface area contributed by atoms with E-state index in [2.05, 4.69) is 11.4 Å². The van der Waals surface area contributed by atoms with Crippen molar-refractivity contribution in [3.63, 3.8) is 0 Å².